The van der Waals surface area contributed by atoms with Crippen molar-refractivity contribution in [1.29, 1.82) is 0 Å². The van der Waals surface area contributed by atoms with Crippen LogP contribution in [-0.4, -0.2) is 68.8 Å². The average Bonchev–Trinajstić information content (AvgIpc) is 3.08. The fraction of sp³-hybridized carbons (Fsp3) is 0.289. The minimum Gasteiger partial charge on any atom is -0.469 e. The summed E-state index contributed by atoms with van der Waals surface area (Å²) in [7, 11) is 2.99. The predicted molar refractivity (Wildman–Crippen MR) is 203 cm³/mol. The molecule has 5 aromatic rings. The first-order valence-corrected chi connectivity index (χ1v) is 17.4. The normalized spacial score (nSPS) is 13.5. The standard InChI is InChI=1S/C38H39Cl2N7O5/c1-38(2,51)21-41-15-23-14-28(36(49)46(3)17-23)35(48)45-30-10-6-8-27(32(30)40)26-7-5-9-29(31(26)39)44-34-33-24(11-12-42-34)13-22(16-43-33)18-47-19-25(20-47)37(50)52-4/h5-14,16-17,25,41,51H,15,18-21H2,1-4H3,(H,42,44)(H,45,48). The number of methoxy groups -OCH3 is 1. The smallest absolute Gasteiger partial charge is 0.311 e. The molecule has 4 heterocycles. The number of rotatable bonds is 12. The Morgan fingerprint density at radius 3 is 2.38 bits per heavy atom. The number of nitrogens with zero attached hydrogens (tertiary/aromatic N) is 4. The molecule has 4 N–H and O–H groups in total. The van der Waals surface area contributed by atoms with E-state index < -0.39 is 17.1 Å². The Kier molecular flexibility index (Phi) is 10.9. The molecule has 270 valence electrons. The molecule has 1 fully saturated rings. The van der Waals surface area contributed by atoms with Gasteiger partial charge in [-0.25, -0.2) is 4.98 Å². The zero-order valence-corrected chi connectivity index (χ0v) is 30.7. The number of nitrogens with one attached hydrogen (secondary N) is 3. The average molecular weight is 745 g/mol. The van der Waals surface area contributed by atoms with Gasteiger partial charge in [0.25, 0.3) is 11.5 Å². The van der Waals surface area contributed by atoms with Gasteiger partial charge < -0.3 is 30.4 Å². The highest BCUT2D eigenvalue weighted by molar-refractivity contribution is 6.39. The van der Waals surface area contributed by atoms with Crippen LogP contribution in [0.3, 0.4) is 0 Å². The van der Waals surface area contributed by atoms with Crippen LogP contribution in [0.4, 0.5) is 17.2 Å². The number of hydrogen-bond acceptors (Lipinski definition) is 10. The number of ether oxygens (including phenoxy) is 1. The highest BCUT2D eigenvalue weighted by Crippen LogP contribution is 2.41. The van der Waals surface area contributed by atoms with E-state index in [1.165, 1.54) is 17.7 Å². The number of pyridine rings is 3. The number of carbonyl (C=O) groups excluding carboxylic acids is 2. The van der Waals surface area contributed by atoms with Crippen LogP contribution in [0, 0.1) is 5.92 Å². The van der Waals surface area contributed by atoms with Crippen molar-refractivity contribution < 1.29 is 19.4 Å². The fourth-order valence-corrected chi connectivity index (χ4v) is 6.65. The molecule has 0 saturated carbocycles. The number of aromatic nitrogens is 3. The van der Waals surface area contributed by atoms with Gasteiger partial charge in [0.2, 0.25) is 0 Å². The second-order valence-corrected chi connectivity index (χ2v) is 14.3. The van der Waals surface area contributed by atoms with E-state index in [1.807, 2.05) is 24.3 Å². The predicted octanol–water partition coefficient (Wildman–Crippen LogP) is 5.76. The van der Waals surface area contributed by atoms with Crippen molar-refractivity contribution in [2.75, 3.05) is 37.4 Å². The Morgan fingerprint density at radius 1 is 1.00 bits per heavy atom. The molecule has 0 atom stereocenters. The molecule has 1 aliphatic rings. The largest absolute Gasteiger partial charge is 0.469 e. The zero-order chi connectivity index (χ0) is 37.2. The lowest BCUT2D eigenvalue weighted by Gasteiger charge is -2.37. The summed E-state index contributed by atoms with van der Waals surface area (Å²) in [6, 6.07) is 16.1. The molecular formula is C38H39Cl2N7O5. The molecule has 6 rings (SSSR count). The first-order chi connectivity index (χ1) is 24.8. The second-order valence-electron chi connectivity index (χ2n) is 13.5. The van der Waals surface area contributed by atoms with Crippen molar-refractivity contribution in [2.24, 2.45) is 13.0 Å². The maximum absolute atomic E-state index is 13.4. The Bertz CT molecular complexity index is 2210. The van der Waals surface area contributed by atoms with Crippen LogP contribution in [0.5, 0.6) is 0 Å². The number of halogens is 2. The van der Waals surface area contributed by atoms with Gasteiger partial charge in [0, 0.05) is 74.9 Å². The molecule has 3 aromatic heterocycles. The third-order valence-electron chi connectivity index (χ3n) is 8.71. The number of amides is 1. The molecule has 1 saturated heterocycles. The number of esters is 1. The Morgan fingerprint density at radius 2 is 1.69 bits per heavy atom. The Hall–Kier alpha value is -4.85. The molecule has 52 heavy (non-hydrogen) atoms. The van der Waals surface area contributed by atoms with E-state index in [4.69, 9.17) is 32.9 Å². The lowest BCUT2D eigenvalue weighted by atomic mass is 9.99. The number of hydrogen-bond donors (Lipinski definition) is 4. The van der Waals surface area contributed by atoms with Gasteiger partial charge in [0.1, 0.15) is 11.1 Å². The lowest BCUT2D eigenvalue weighted by molar-refractivity contribution is -0.151. The van der Waals surface area contributed by atoms with Gasteiger partial charge in [-0.15, -0.1) is 0 Å². The first kappa shape index (κ1) is 36.9. The van der Waals surface area contributed by atoms with Crippen molar-refractivity contribution in [3.05, 3.63) is 110 Å². The van der Waals surface area contributed by atoms with Gasteiger partial charge in [-0.2, -0.15) is 0 Å². The highest BCUT2D eigenvalue weighted by Gasteiger charge is 2.33. The number of fused-ring (bicyclic) bond motifs is 1. The Balaban J connectivity index is 1.20. The molecule has 14 heteroatoms. The topological polar surface area (TPSA) is 151 Å². The van der Waals surface area contributed by atoms with E-state index >= 15 is 0 Å². The first-order valence-electron chi connectivity index (χ1n) is 16.6. The van der Waals surface area contributed by atoms with E-state index in [-0.39, 0.29) is 22.5 Å². The summed E-state index contributed by atoms with van der Waals surface area (Å²) in [5.41, 5.74) is 3.01. The SMILES string of the molecule is COC(=O)C1CN(Cc2cnc3c(Nc4cccc(-c5cccc(NC(=O)c6cc(CNCC(C)(C)O)cn(C)c6=O)c5Cl)c4Cl)nccc3c2)C1. The third-order valence-corrected chi connectivity index (χ3v) is 9.53. The third kappa shape index (κ3) is 8.27. The monoisotopic (exact) mass is 743 g/mol. The summed E-state index contributed by atoms with van der Waals surface area (Å²) in [5.74, 6) is -0.367. The summed E-state index contributed by atoms with van der Waals surface area (Å²) >= 11 is 13.9. The summed E-state index contributed by atoms with van der Waals surface area (Å²) in [6.45, 7) is 6.03. The van der Waals surface area contributed by atoms with E-state index in [2.05, 4.69) is 31.9 Å². The molecule has 0 bridgehead atoms. The number of aryl methyl sites for hydroxylation is 1. The summed E-state index contributed by atoms with van der Waals surface area (Å²) < 4.78 is 6.19. The molecule has 0 aliphatic carbocycles. The maximum atomic E-state index is 13.4. The number of anilines is 3. The second kappa shape index (κ2) is 15.4. The van der Waals surface area contributed by atoms with Crippen molar-refractivity contribution in [3.8, 4) is 11.1 Å². The molecule has 1 amide bonds. The van der Waals surface area contributed by atoms with Gasteiger partial charge in [-0.1, -0.05) is 47.5 Å². The van der Waals surface area contributed by atoms with Crippen LogP contribution >= 0.6 is 23.2 Å². The van der Waals surface area contributed by atoms with Crippen molar-refractivity contribution in [2.45, 2.75) is 32.5 Å². The van der Waals surface area contributed by atoms with Crippen molar-refractivity contribution in [1.82, 2.24) is 24.8 Å². The van der Waals surface area contributed by atoms with Gasteiger partial charge in [-0.3, -0.25) is 24.3 Å². The molecule has 2 aromatic carbocycles. The highest BCUT2D eigenvalue weighted by atomic mass is 35.5. The van der Waals surface area contributed by atoms with Gasteiger partial charge in [0.05, 0.1) is 40.0 Å². The van der Waals surface area contributed by atoms with Crippen molar-refractivity contribution >= 4 is 63.2 Å². The van der Waals surface area contributed by atoms with E-state index in [9.17, 15) is 19.5 Å². The van der Waals surface area contributed by atoms with E-state index in [1.54, 1.807) is 57.7 Å². The maximum Gasteiger partial charge on any atom is 0.311 e. The quantitative estimate of drug-likeness (QED) is 0.116. The van der Waals surface area contributed by atoms with E-state index in [0.29, 0.717) is 77.1 Å². The summed E-state index contributed by atoms with van der Waals surface area (Å²) in [5, 5.41) is 20.8. The number of benzene rings is 2. The molecule has 12 nitrogen and oxygen atoms in total. The minimum atomic E-state index is -0.912. The minimum absolute atomic E-state index is 0.0492. The summed E-state index contributed by atoms with van der Waals surface area (Å²) in [4.78, 5) is 49.5. The van der Waals surface area contributed by atoms with Gasteiger partial charge >= 0.3 is 5.97 Å². The van der Waals surface area contributed by atoms with Crippen LogP contribution in [0.1, 0.15) is 35.3 Å². The van der Waals surface area contributed by atoms with Crippen LogP contribution < -0.4 is 21.5 Å². The molecule has 0 spiro atoms. The number of likely N-dealkylation sites (tertiary alicyclic amines) is 1. The number of aliphatic hydroxyl groups is 1. The molecular weight excluding hydrogens is 705 g/mol. The van der Waals surface area contributed by atoms with Crippen LogP contribution in [-0.2, 0) is 29.7 Å². The summed E-state index contributed by atoms with van der Waals surface area (Å²) in [6.07, 6.45) is 5.15. The molecule has 1 aliphatic heterocycles. The van der Waals surface area contributed by atoms with Gasteiger partial charge in [0.15, 0.2) is 5.82 Å². The number of carbonyl (C=O) groups is 2. The van der Waals surface area contributed by atoms with Gasteiger partial charge in [-0.05, 0) is 55.3 Å². The molecule has 0 radical (unpaired) electrons. The van der Waals surface area contributed by atoms with E-state index in [0.717, 1.165) is 10.9 Å². The van der Waals surface area contributed by atoms with Crippen LogP contribution in [0.2, 0.25) is 10.0 Å². The zero-order valence-electron chi connectivity index (χ0n) is 29.2. The Labute approximate surface area is 310 Å². The molecule has 0 unspecified atom stereocenters. The fourth-order valence-electron chi connectivity index (χ4n) is 6.10. The van der Waals surface area contributed by atoms with Crippen LogP contribution in [0.25, 0.3) is 22.0 Å². The van der Waals surface area contributed by atoms with Crippen molar-refractivity contribution in [3.63, 3.8) is 0 Å². The van der Waals surface area contributed by atoms with Crippen LogP contribution in [0.15, 0.2) is 78.0 Å². The lowest BCUT2D eigenvalue weighted by Crippen LogP contribution is -2.49.